The van der Waals surface area contributed by atoms with E-state index in [2.05, 4.69) is 20.2 Å². The average molecular weight is 390 g/mol. The van der Waals surface area contributed by atoms with Gasteiger partial charge in [-0.3, -0.25) is 4.79 Å². The number of para-hydroxylation sites is 1. The largest absolute Gasteiger partial charge is 0.340 e. The minimum Gasteiger partial charge on any atom is -0.340 e. The molecule has 1 amide bonds. The van der Waals surface area contributed by atoms with E-state index in [-0.39, 0.29) is 17.6 Å². The lowest BCUT2D eigenvalue weighted by Gasteiger charge is -2.32. The monoisotopic (exact) mass is 390 g/mol. The number of aromatic nitrogens is 2. The van der Waals surface area contributed by atoms with E-state index in [0.717, 1.165) is 41.8 Å². The molecule has 6 heteroatoms. The lowest BCUT2D eigenvalue weighted by atomic mass is 9.97. The van der Waals surface area contributed by atoms with Crippen molar-refractivity contribution in [3.05, 3.63) is 72.3 Å². The summed E-state index contributed by atoms with van der Waals surface area (Å²) in [5.74, 6) is 0.273. The molecule has 1 N–H and O–H groups in total. The van der Waals surface area contributed by atoms with Gasteiger partial charge < -0.3 is 10.2 Å². The summed E-state index contributed by atoms with van der Waals surface area (Å²) in [6, 6.07) is 14.1. The van der Waals surface area contributed by atoms with E-state index >= 15 is 0 Å². The van der Waals surface area contributed by atoms with Crippen molar-refractivity contribution in [1.82, 2.24) is 9.97 Å². The third-order valence-corrected chi connectivity index (χ3v) is 5.29. The maximum absolute atomic E-state index is 13.1. The molecule has 0 aliphatic carbocycles. The first-order valence-electron chi connectivity index (χ1n) is 9.79. The molecule has 0 unspecified atom stereocenters. The van der Waals surface area contributed by atoms with Crippen LogP contribution in [0, 0.1) is 18.7 Å². The summed E-state index contributed by atoms with van der Waals surface area (Å²) in [6.07, 6.45) is 5.25. The Kier molecular flexibility index (Phi) is 5.51. The van der Waals surface area contributed by atoms with Gasteiger partial charge in [0.15, 0.2) is 0 Å². The molecule has 1 atom stereocenters. The molecule has 1 aromatic heterocycles. The van der Waals surface area contributed by atoms with Crippen LogP contribution in [0.3, 0.4) is 0 Å². The molecule has 29 heavy (non-hydrogen) atoms. The van der Waals surface area contributed by atoms with E-state index in [9.17, 15) is 9.18 Å². The number of hydrogen-bond acceptors (Lipinski definition) is 4. The van der Waals surface area contributed by atoms with Gasteiger partial charge >= 0.3 is 0 Å². The number of nitrogens with one attached hydrogen (secondary N) is 1. The highest BCUT2D eigenvalue weighted by Gasteiger charge is 2.27. The zero-order chi connectivity index (χ0) is 20.2. The number of rotatable bonds is 4. The fourth-order valence-corrected chi connectivity index (χ4v) is 3.60. The lowest BCUT2D eigenvalue weighted by Crippen LogP contribution is -2.41. The molecule has 148 valence electrons. The Morgan fingerprint density at radius 3 is 2.52 bits per heavy atom. The molecule has 1 fully saturated rings. The number of halogens is 1. The number of hydrogen-bond donors (Lipinski definition) is 1. The Hall–Kier alpha value is -3.28. The van der Waals surface area contributed by atoms with E-state index in [1.54, 1.807) is 24.5 Å². The maximum Gasteiger partial charge on any atom is 0.229 e. The van der Waals surface area contributed by atoms with Crippen molar-refractivity contribution < 1.29 is 9.18 Å². The minimum absolute atomic E-state index is 0.0342. The second kappa shape index (κ2) is 8.39. The summed E-state index contributed by atoms with van der Waals surface area (Å²) >= 11 is 0. The van der Waals surface area contributed by atoms with Gasteiger partial charge in [-0.2, -0.15) is 0 Å². The standard InChI is InChI=1S/C23H23FN4O/c1-16-5-2-3-7-21(16)27-22(29)18-6-4-12-28(15-18)23-25-13-19(14-26-23)17-8-10-20(24)11-9-17/h2-3,5,7-11,13-14,18H,4,6,12,15H2,1H3,(H,27,29)/t18-/m0/s1. The Labute approximate surface area is 169 Å². The van der Waals surface area contributed by atoms with E-state index < -0.39 is 0 Å². The second-order valence-electron chi connectivity index (χ2n) is 7.37. The SMILES string of the molecule is Cc1ccccc1NC(=O)[C@H]1CCCN(c2ncc(-c3ccc(F)cc3)cn2)C1. The Morgan fingerprint density at radius 1 is 1.07 bits per heavy atom. The number of aryl methyl sites for hydroxylation is 1. The van der Waals surface area contributed by atoms with Gasteiger partial charge in [-0.15, -0.1) is 0 Å². The van der Waals surface area contributed by atoms with Crippen LogP contribution in [-0.2, 0) is 4.79 Å². The summed E-state index contributed by atoms with van der Waals surface area (Å²) in [4.78, 5) is 23.8. The first-order valence-corrected chi connectivity index (χ1v) is 9.79. The molecule has 0 spiro atoms. The lowest BCUT2D eigenvalue weighted by molar-refractivity contribution is -0.120. The molecular weight excluding hydrogens is 367 g/mol. The van der Waals surface area contributed by atoms with Crippen LogP contribution in [0.15, 0.2) is 60.9 Å². The summed E-state index contributed by atoms with van der Waals surface area (Å²) in [7, 11) is 0. The van der Waals surface area contributed by atoms with Crippen molar-refractivity contribution >= 4 is 17.5 Å². The highest BCUT2D eigenvalue weighted by Crippen LogP contribution is 2.24. The van der Waals surface area contributed by atoms with Crippen LogP contribution in [0.5, 0.6) is 0 Å². The van der Waals surface area contributed by atoms with Gasteiger partial charge in [0.1, 0.15) is 5.82 Å². The molecule has 5 nitrogen and oxygen atoms in total. The van der Waals surface area contributed by atoms with Crippen LogP contribution >= 0.6 is 0 Å². The van der Waals surface area contributed by atoms with E-state index in [1.165, 1.54) is 12.1 Å². The quantitative estimate of drug-likeness (QED) is 0.715. The normalized spacial score (nSPS) is 16.5. The first-order chi connectivity index (χ1) is 14.1. The van der Waals surface area contributed by atoms with Crippen molar-refractivity contribution in [2.45, 2.75) is 19.8 Å². The van der Waals surface area contributed by atoms with Gasteiger partial charge in [0.05, 0.1) is 5.92 Å². The van der Waals surface area contributed by atoms with Gasteiger partial charge in [0.25, 0.3) is 0 Å². The highest BCUT2D eigenvalue weighted by atomic mass is 19.1. The van der Waals surface area contributed by atoms with Gasteiger partial charge in [0, 0.05) is 36.7 Å². The van der Waals surface area contributed by atoms with E-state index in [0.29, 0.717) is 12.5 Å². The highest BCUT2D eigenvalue weighted by molar-refractivity contribution is 5.93. The number of benzene rings is 2. The van der Waals surface area contributed by atoms with Crippen molar-refractivity contribution in [2.75, 3.05) is 23.3 Å². The zero-order valence-corrected chi connectivity index (χ0v) is 16.3. The predicted octanol–water partition coefficient (Wildman–Crippen LogP) is 4.45. The molecule has 2 heterocycles. The number of anilines is 2. The van der Waals surface area contributed by atoms with Crippen LogP contribution in [0.2, 0.25) is 0 Å². The topological polar surface area (TPSA) is 58.1 Å². The fraction of sp³-hybridized carbons (Fsp3) is 0.261. The van der Waals surface area contributed by atoms with Crippen LogP contribution in [0.25, 0.3) is 11.1 Å². The third kappa shape index (κ3) is 4.42. The van der Waals surface area contributed by atoms with Crippen LogP contribution in [-0.4, -0.2) is 29.0 Å². The number of amides is 1. The molecule has 1 saturated heterocycles. The molecule has 1 aliphatic rings. The second-order valence-corrected chi connectivity index (χ2v) is 7.37. The predicted molar refractivity (Wildman–Crippen MR) is 112 cm³/mol. The number of carbonyl (C=O) groups is 1. The molecule has 0 radical (unpaired) electrons. The Bertz CT molecular complexity index is 989. The molecular formula is C23H23FN4O. The molecule has 0 bridgehead atoms. The molecule has 2 aromatic carbocycles. The summed E-state index contributed by atoms with van der Waals surface area (Å²) in [6.45, 7) is 3.40. The molecule has 0 saturated carbocycles. The third-order valence-electron chi connectivity index (χ3n) is 5.29. The van der Waals surface area contributed by atoms with Crippen molar-refractivity contribution in [3.8, 4) is 11.1 Å². The van der Waals surface area contributed by atoms with E-state index in [4.69, 9.17) is 0 Å². The zero-order valence-electron chi connectivity index (χ0n) is 16.3. The number of carbonyl (C=O) groups excluding carboxylic acids is 1. The fourth-order valence-electron chi connectivity index (χ4n) is 3.60. The number of piperidine rings is 1. The average Bonchev–Trinajstić information content (AvgIpc) is 2.76. The molecule has 3 aromatic rings. The number of nitrogens with zero attached hydrogens (tertiary/aromatic N) is 3. The van der Waals surface area contributed by atoms with Gasteiger partial charge in [0.2, 0.25) is 11.9 Å². The molecule has 4 rings (SSSR count). The van der Waals surface area contributed by atoms with Crippen LogP contribution in [0.1, 0.15) is 18.4 Å². The van der Waals surface area contributed by atoms with Crippen LogP contribution in [0.4, 0.5) is 16.0 Å². The molecule has 1 aliphatic heterocycles. The minimum atomic E-state index is -0.269. The van der Waals surface area contributed by atoms with E-state index in [1.807, 2.05) is 31.2 Å². The van der Waals surface area contributed by atoms with Gasteiger partial charge in [-0.05, 0) is 49.1 Å². The smallest absolute Gasteiger partial charge is 0.229 e. The summed E-state index contributed by atoms with van der Waals surface area (Å²) < 4.78 is 13.1. The van der Waals surface area contributed by atoms with Crippen molar-refractivity contribution in [3.63, 3.8) is 0 Å². The summed E-state index contributed by atoms with van der Waals surface area (Å²) in [5, 5.41) is 3.05. The van der Waals surface area contributed by atoms with Crippen molar-refractivity contribution in [1.29, 1.82) is 0 Å². The Morgan fingerprint density at radius 2 is 1.79 bits per heavy atom. The summed E-state index contributed by atoms with van der Waals surface area (Å²) in [5.41, 5.74) is 3.61. The maximum atomic E-state index is 13.1. The van der Waals surface area contributed by atoms with Crippen LogP contribution < -0.4 is 10.2 Å². The first kappa shape index (κ1) is 19.1. The van der Waals surface area contributed by atoms with Gasteiger partial charge in [-0.25, -0.2) is 14.4 Å². The Balaban J connectivity index is 1.43. The van der Waals surface area contributed by atoms with Gasteiger partial charge in [-0.1, -0.05) is 30.3 Å². The van der Waals surface area contributed by atoms with Crippen molar-refractivity contribution in [2.24, 2.45) is 5.92 Å².